The number of hydrogen-bond acceptors (Lipinski definition) is 3. The highest BCUT2D eigenvalue weighted by Gasteiger charge is 2.38. The average molecular weight is 326 g/mol. The molecule has 0 saturated heterocycles. The molecule has 4 unspecified atom stereocenters. The van der Waals surface area contributed by atoms with Gasteiger partial charge in [-0.3, -0.25) is 0 Å². The molecule has 0 aromatic carbocycles. The fourth-order valence-corrected chi connectivity index (χ4v) is 5.03. The number of hydrogen-bond donors (Lipinski definition) is 2. The van der Waals surface area contributed by atoms with Crippen molar-refractivity contribution in [2.45, 2.75) is 84.8 Å². The number of β-amino-alcohol motifs (C(OH)–C–C–N with tert-alkyl or cyclic N) is 1. The number of aliphatic hydroxyl groups is 1. The third-order valence-electron chi connectivity index (χ3n) is 5.62. The SMILES string of the molecule is CC(C)(C)CC(C)(C)NCC(O)COCCC1CC2CCC1C2. The topological polar surface area (TPSA) is 41.5 Å². The molecule has 0 heterocycles. The Hall–Kier alpha value is -0.120. The zero-order valence-corrected chi connectivity index (χ0v) is 16.0. The van der Waals surface area contributed by atoms with Crippen molar-refractivity contribution in [2.75, 3.05) is 19.8 Å². The summed E-state index contributed by atoms with van der Waals surface area (Å²) in [7, 11) is 0. The Kier molecular flexibility index (Phi) is 6.55. The van der Waals surface area contributed by atoms with Gasteiger partial charge in [0.2, 0.25) is 0 Å². The quantitative estimate of drug-likeness (QED) is 0.630. The van der Waals surface area contributed by atoms with Crippen molar-refractivity contribution >= 4 is 0 Å². The molecule has 0 aromatic heterocycles. The second kappa shape index (κ2) is 7.84. The zero-order valence-electron chi connectivity index (χ0n) is 16.0. The van der Waals surface area contributed by atoms with E-state index < -0.39 is 6.10 Å². The summed E-state index contributed by atoms with van der Waals surface area (Å²) in [5.41, 5.74) is 0.334. The van der Waals surface area contributed by atoms with Crippen molar-refractivity contribution in [1.82, 2.24) is 5.32 Å². The van der Waals surface area contributed by atoms with Crippen molar-refractivity contribution < 1.29 is 9.84 Å². The van der Waals surface area contributed by atoms with Gasteiger partial charge in [0, 0.05) is 18.7 Å². The second-order valence-corrected chi connectivity index (χ2v) is 9.95. The Bertz CT molecular complexity index is 361. The van der Waals surface area contributed by atoms with Crippen molar-refractivity contribution in [3.63, 3.8) is 0 Å². The minimum Gasteiger partial charge on any atom is -0.389 e. The van der Waals surface area contributed by atoms with Gasteiger partial charge in [-0.05, 0) is 69.1 Å². The van der Waals surface area contributed by atoms with E-state index in [1.807, 2.05) is 0 Å². The van der Waals surface area contributed by atoms with Gasteiger partial charge < -0.3 is 15.2 Å². The van der Waals surface area contributed by atoms with Crippen molar-refractivity contribution in [3.8, 4) is 0 Å². The first-order valence-corrected chi connectivity index (χ1v) is 9.65. The van der Waals surface area contributed by atoms with E-state index in [9.17, 15) is 5.11 Å². The molecule has 3 heteroatoms. The lowest BCUT2D eigenvalue weighted by atomic mass is 9.82. The summed E-state index contributed by atoms with van der Waals surface area (Å²) in [6, 6.07) is 0. The van der Waals surface area contributed by atoms with Crippen LogP contribution in [0.3, 0.4) is 0 Å². The fourth-order valence-electron chi connectivity index (χ4n) is 5.03. The molecular weight excluding hydrogens is 286 g/mol. The van der Waals surface area contributed by atoms with Crippen LogP contribution < -0.4 is 5.32 Å². The molecule has 2 bridgehead atoms. The van der Waals surface area contributed by atoms with Gasteiger partial charge in [-0.2, -0.15) is 0 Å². The third-order valence-corrected chi connectivity index (χ3v) is 5.62. The lowest BCUT2D eigenvalue weighted by Gasteiger charge is -2.34. The zero-order chi connectivity index (χ0) is 17.1. The maximum absolute atomic E-state index is 10.1. The van der Waals surface area contributed by atoms with Crippen molar-refractivity contribution in [2.24, 2.45) is 23.2 Å². The van der Waals surface area contributed by atoms with E-state index in [0.29, 0.717) is 18.6 Å². The maximum atomic E-state index is 10.1. The van der Waals surface area contributed by atoms with Gasteiger partial charge in [-0.15, -0.1) is 0 Å². The molecule has 0 radical (unpaired) electrons. The molecule has 2 N–H and O–H groups in total. The largest absolute Gasteiger partial charge is 0.389 e. The minimum absolute atomic E-state index is 0.0440. The van der Waals surface area contributed by atoms with E-state index in [1.165, 1.54) is 32.1 Å². The molecule has 0 spiro atoms. The van der Waals surface area contributed by atoms with Gasteiger partial charge in [0.15, 0.2) is 0 Å². The molecule has 2 fully saturated rings. The fraction of sp³-hybridized carbons (Fsp3) is 1.00. The number of aliphatic hydroxyl groups excluding tert-OH is 1. The van der Waals surface area contributed by atoms with E-state index in [-0.39, 0.29) is 5.54 Å². The van der Waals surface area contributed by atoms with E-state index in [4.69, 9.17) is 4.74 Å². The molecule has 2 aliphatic rings. The second-order valence-electron chi connectivity index (χ2n) is 9.95. The number of rotatable bonds is 9. The highest BCUT2D eigenvalue weighted by atomic mass is 16.5. The predicted octanol–water partition coefficient (Wildman–Crippen LogP) is 3.99. The predicted molar refractivity (Wildman–Crippen MR) is 96.5 cm³/mol. The molecular formula is C20H39NO2. The smallest absolute Gasteiger partial charge is 0.0897 e. The van der Waals surface area contributed by atoms with Gasteiger partial charge >= 0.3 is 0 Å². The van der Waals surface area contributed by atoms with Crippen LogP contribution in [0.2, 0.25) is 0 Å². The first-order chi connectivity index (χ1) is 10.6. The van der Waals surface area contributed by atoms with Gasteiger partial charge in [0.1, 0.15) is 0 Å². The van der Waals surface area contributed by atoms with Crippen molar-refractivity contribution in [1.29, 1.82) is 0 Å². The Morgan fingerprint density at radius 3 is 2.43 bits per heavy atom. The molecule has 2 aliphatic carbocycles. The van der Waals surface area contributed by atoms with Crippen molar-refractivity contribution in [3.05, 3.63) is 0 Å². The minimum atomic E-state index is -0.408. The van der Waals surface area contributed by atoms with Crippen LogP contribution in [0.15, 0.2) is 0 Å². The molecule has 136 valence electrons. The van der Waals surface area contributed by atoms with Crippen LogP contribution in [0, 0.1) is 23.2 Å². The Morgan fingerprint density at radius 1 is 1.13 bits per heavy atom. The molecule has 23 heavy (non-hydrogen) atoms. The average Bonchev–Trinajstić information content (AvgIpc) is 3.01. The summed E-state index contributed by atoms with van der Waals surface area (Å²) in [5.74, 6) is 2.90. The Morgan fingerprint density at radius 2 is 1.87 bits per heavy atom. The van der Waals surface area contributed by atoms with Crippen LogP contribution in [0.1, 0.15) is 73.1 Å². The highest BCUT2D eigenvalue weighted by molar-refractivity contribution is 4.89. The number of fused-ring (bicyclic) bond motifs is 2. The maximum Gasteiger partial charge on any atom is 0.0897 e. The first kappa shape index (κ1) is 19.2. The normalized spacial score (nSPS) is 29.2. The summed E-state index contributed by atoms with van der Waals surface area (Å²) in [6.07, 6.45) is 7.68. The lowest BCUT2D eigenvalue weighted by Crippen LogP contribution is -2.46. The van der Waals surface area contributed by atoms with Gasteiger partial charge in [-0.25, -0.2) is 0 Å². The molecule has 2 saturated carbocycles. The van der Waals surface area contributed by atoms with Gasteiger partial charge in [-0.1, -0.05) is 27.2 Å². The van der Waals surface area contributed by atoms with Gasteiger partial charge in [0.05, 0.1) is 12.7 Å². The first-order valence-electron chi connectivity index (χ1n) is 9.65. The van der Waals surface area contributed by atoms with Crippen LogP contribution >= 0.6 is 0 Å². The van der Waals surface area contributed by atoms with Crippen LogP contribution in [-0.2, 0) is 4.74 Å². The molecule has 2 rings (SSSR count). The third kappa shape index (κ3) is 6.72. The molecule has 0 aliphatic heterocycles. The Balaban J connectivity index is 1.54. The Labute approximate surface area is 143 Å². The van der Waals surface area contributed by atoms with Crippen LogP contribution in [0.25, 0.3) is 0 Å². The number of ether oxygens (including phenoxy) is 1. The van der Waals surface area contributed by atoms with Gasteiger partial charge in [0.25, 0.3) is 0 Å². The standard InChI is InChI=1S/C20H39NO2/c1-19(2,3)14-20(4,5)21-12-18(22)13-23-9-8-17-11-15-6-7-16(17)10-15/h15-18,21-22H,6-14H2,1-5H3. The van der Waals surface area contributed by atoms with Crippen LogP contribution in [-0.4, -0.2) is 36.5 Å². The van der Waals surface area contributed by atoms with E-state index in [0.717, 1.165) is 30.8 Å². The molecule has 3 nitrogen and oxygen atoms in total. The molecule has 4 atom stereocenters. The lowest BCUT2D eigenvalue weighted by molar-refractivity contribution is 0.0248. The van der Waals surface area contributed by atoms with E-state index in [2.05, 4.69) is 39.9 Å². The molecule has 0 aromatic rings. The summed E-state index contributed by atoms with van der Waals surface area (Å²) in [5, 5.41) is 13.6. The molecule has 0 amide bonds. The van der Waals surface area contributed by atoms with Crippen LogP contribution in [0.5, 0.6) is 0 Å². The highest BCUT2D eigenvalue weighted by Crippen LogP contribution is 2.49. The van der Waals surface area contributed by atoms with E-state index >= 15 is 0 Å². The number of nitrogens with one attached hydrogen (secondary N) is 1. The van der Waals surface area contributed by atoms with Crippen LogP contribution in [0.4, 0.5) is 0 Å². The summed E-state index contributed by atoms with van der Waals surface area (Å²) >= 11 is 0. The summed E-state index contributed by atoms with van der Waals surface area (Å²) in [4.78, 5) is 0. The summed E-state index contributed by atoms with van der Waals surface area (Å²) in [6.45, 7) is 13.1. The summed E-state index contributed by atoms with van der Waals surface area (Å²) < 4.78 is 5.74. The monoisotopic (exact) mass is 325 g/mol. The van der Waals surface area contributed by atoms with E-state index in [1.54, 1.807) is 0 Å².